The first-order valence-electron chi connectivity index (χ1n) is 11.7. The Hall–Kier alpha value is -2.45. The molecule has 3 fully saturated rings. The van der Waals surface area contributed by atoms with Crippen LogP contribution >= 0.6 is 0 Å². The molecule has 1 aliphatic heterocycles. The van der Waals surface area contributed by atoms with Crippen molar-refractivity contribution >= 4 is 29.9 Å². The van der Waals surface area contributed by atoms with E-state index in [0.717, 1.165) is 25.7 Å². The van der Waals surface area contributed by atoms with Gasteiger partial charge in [-0.05, 0) is 49.9 Å². The third-order valence-electron chi connectivity index (χ3n) is 6.80. The number of nitrogens with zero attached hydrogens (tertiary/aromatic N) is 1. The van der Waals surface area contributed by atoms with Crippen molar-refractivity contribution < 1.29 is 24.0 Å². The first-order valence-corrected chi connectivity index (χ1v) is 11.7. The molecule has 9 nitrogen and oxygen atoms in total. The largest absolute Gasteiger partial charge is 0.347 e. The summed E-state index contributed by atoms with van der Waals surface area (Å²) in [6.45, 7) is 7.96. The summed E-state index contributed by atoms with van der Waals surface area (Å²) < 4.78 is 0. The number of carbonyl (C=O) groups is 5. The van der Waals surface area contributed by atoms with Crippen LogP contribution in [0.2, 0.25) is 0 Å². The number of hydrogen-bond acceptors (Lipinski definition) is 5. The summed E-state index contributed by atoms with van der Waals surface area (Å²) in [6.07, 6.45) is 5.42. The Bertz CT molecular complexity index is 788. The molecule has 4 amide bonds. The fourth-order valence-electron chi connectivity index (χ4n) is 4.73. The van der Waals surface area contributed by atoms with Crippen LogP contribution in [0.15, 0.2) is 0 Å². The van der Waals surface area contributed by atoms with Crippen molar-refractivity contribution in [2.24, 2.45) is 11.3 Å². The van der Waals surface area contributed by atoms with Crippen LogP contribution in [0.25, 0.3) is 0 Å². The maximum atomic E-state index is 13.3. The lowest BCUT2D eigenvalue weighted by atomic mass is 9.85. The van der Waals surface area contributed by atoms with Crippen LogP contribution in [0, 0.1) is 11.3 Å². The van der Waals surface area contributed by atoms with Gasteiger partial charge in [-0.1, -0.05) is 34.1 Å². The quantitative estimate of drug-likeness (QED) is 0.335. The predicted molar refractivity (Wildman–Crippen MR) is 117 cm³/mol. The molecule has 2 saturated carbocycles. The summed E-state index contributed by atoms with van der Waals surface area (Å²) >= 11 is 0. The Morgan fingerprint density at radius 2 is 1.84 bits per heavy atom. The first kappa shape index (κ1) is 24.2. The van der Waals surface area contributed by atoms with E-state index in [1.54, 1.807) is 0 Å². The van der Waals surface area contributed by atoms with Crippen molar-refractivity contribution in [1.82, 2.24) is 20.9 Å². The van der Waals surface area contributed by atoms with Crippen LogP contribution in [0.1, 0.15) is 72.6 Å². The van der Waals surface area contributed by atoms with Crippen molar-refractivity contribution in [1.29, 1.82) is 0 Å². The van der Waals surface area contributed by atoms with Crippen LogP contribution in [-0.4, -0.2) is 65.0 Å². The van der Waals surface area contributed by atoms with Gasteiger partial charge in [0.1, 0.15) is 17.6 Å². The Labute approximate surface area is 189 Å². The van der Waals surface area contributed by atoms with Gasteiger partial charge in [0.15, 0.2) is 0 Å². The molecule has 0 spiro atoms. The van der Waals surface area contributed by atoms with Gasteiger partial charge in [0, 0.05) is 12.6 Å². The predicted octanol–water partition coefficient (Wildman–Crippen LogP) is 0.661. The van der Waals surface area contributed by atoms with Gasteiger partial charge in [-0.25, -0.2) is 0 Å². The molecule has 1 saturated heterocycles. The van der Waals surface area contributed by atoms with Gasteiger partial charge in [0.25, 0.3) is 5.91 Å². The molecule has 1 heterocycles. The molecular weight excluding hydrogens is 412 g/mol. The lowest BCUT2D eigenvalue weighted by molar-refractivity contribution is -0.145. The second-order valence-electron chi connectivity index (χ2n) is 10.5. The summed E-state index contributed by atoms with van der Waals surface area (Å²) in [4.78, 5) is 64.5. The lowest BCUT2D eigenvalue weighted by Gasteiger charge is -2.35. The SMILES string of the molecule is CCC[C@H]1CC1(NC(=O)[C@@H]1CCCN1C(=O)[C@@H](NC=O)C(C)(C)C)C(=O)C(=O)NC1CC1. The zero-order valence-electron chi connectivity index (χ0n) is 19.5. The monoisotopic (exact) mass is 448 g/mol. The summed E-state index contributed by atoms with van der Waals surface area (Å²) in [7, 11) is 0. The highest BCUT2D eigenvalue weighted by atomic mass is 16.2. The number of Topliss-reactive ketones (excluding diaryl/α,β-unsaturated/α-hetero) is 1. The summed E-state index contributed by atoms with van der Waals surface area (Å²) in [5.41, 5.74) is -1.70. The highest BCUT2D eigenvalue weighted by Crippen LogP contribution is 2.48. The van der Waals surface area contributed by atoms with E-state index in [0.29, 0.717) is 32.2 Å². The van der Waals surface area contributed by atoms with Crippen LogP contribution in [0.5, 0.6) is 0 Å². The summed E-state index contributed by atoms with van der Waals surface area (Å²) in [6, 6.07) is -1.42. The molecule has 0 aromatic carbocycles. The van der Waals surface area contributed by atoms with Crippen molar-refractivity contribution in [2.75, 3.05) is 6.54 Å². The summed E-state index contributed by atoms with van der Waals surface area (Å²) in [5.74, 6) is -2.00. The van der Waals surface area contributed by atoms with E-state index >= 15 is 0 Å². The fourth-order valence-corrected chi connectivity index (χ4v) is 4.73. The molecule has 0 aromatic heterocycles. The van der Waals surface area contributed by atoms with Crippen molar-refractivity contribution in [3.8, 4) is 0 Å². The van der Waals surface area contributed by atoms with Crippen LogP contribution < -0.4 is 16.0 Å². The van der Waals surface area contributed by atoms with E-state index in [9.17, 15) is 24.0 Å². The molecule has 1 unspecified atom stereocenters. The third-order valence-corrected chi connectivity index (χ3v) is 6.80. The molecule has 0 bridgehead atoms. The molecule has 3 aliphatic rings. The summed E-state index contributed by atoms with van der Waals surface area (Å²) in [5, 5.41) is 8.20. The van der Waals surface area contributed by atoms with E-state index in [2.05, 4.69) is 16.0 Å². The molecule has 3 rings (SSSR count). The fraction of sp³-hybridized carbons (Fsp3) is 0.783. The van der Waals surface area contributed by atoms with E-state index in [1.165, 1.54) is 4.90 Å². The zero-order chi connectivity index (χ0) is 23.7. The molecule has 2 aliphatic carbocycles. The van der Waals surface area contributed by atoms with Gasteiger partial charge in [-0.3, -0.25) is 24.0 Å². The van der Waals surface area contributed by atoms with E-state index < -0.39 is 40.6 Å². The molecule has 178 valence electrons. The highest BCUT2D eigenvalue weighted by molar-refractivity contribution is 6.41. The van der Waals surface area contributed by atoms with Crippen molar-refractivity contribution in [3.05, 3.63) is 0 Å². The molecule has 32 heavy (non-hydrogen) atoms. The maximum Gasteiger partial charge on any atom is 0.290 e. The third kappa shape index (κ3) is 4.96. The average Bonchev–Trinajstić information content (AvgIpc) is 3.61. The molecule has 0 radical (unpaired) electrons. The van der Waals surface area contributed by atoms with Crippen LogP contribution in [-0.2, 0) is 24.0 Å². The molecule has 0 aromatic rings. The minimum atomic E-state index is -1.17. The van der Waals surface area contributed by atoms with Crippen LogP contribution in [0.4, 0.5) is 0 Å². The Kier molecular flexibility index (Phi) is 6.95. The number of likely N-dealkylation sites (tertiary alicyclic amines) is 1. The Balaban J connectivity index is 1.74. The van der Waals surface area contributed by atoms with E-state index in [1.807, 2.05) is 27.7 Å². The number of nitrogens with one attached hydrogen (secondary N) is 3. The van der Waals surface area contributed by atoms with Gasteiger partial charge in [-0.15, -0.1) is 0 Å². The Morgan fingerprint density at radius 3 is 2.41 bits per heavy atom. The normalized spacial score (nSPS) is 27.9. The first-order chi connectivity index (χ1) is 15.0. The minimum absolute atomic E-state index is 0.0603. The van der Waals surface area contributed by atoms with Crippen LogP contribution in [0.3, 0.4) is 0 Å². The molecule has 3 N–H and O–H groups in total. The number of ketones is 1. The smallest absolute Gasteiger partial charge is 0.290 e. The molecule has 9 heteroatoms. The van der Waals surface area contributed by atoms with Gasteiger partial charge in [-0.2, -0.15) is 0 Å². The topological polar surface area (TPSA) is 125 Å². The lowest BCUT2D eigenvalue weighted by Crippen LogP contribution is -2.59. The van der Waals surface area contributed by atoms with E-state index in [4.69, 9.17) is 0 Å². The average molecular weight is 449 g/mol. The van der Waals surface area contributed by atoms with Gasteiger partial charge >= 0.3 is 0 Å². The van der Waals surface area contributed by atoms with Gasteiger partial charge in [0.2, 0.25) is 24.0 Å². The minimum Gasteiger partial charge on any atom is -0.347 e. The standard InChI is InChI=1S/C23H36N4O5/c1-5-7-14-12-23(14,18(29)20(31)25-15-9-10-15)26-19(30)16-8-6-11-27(16)21(32)17(24-13-28)22(2,3)4/h13-17H,5-12H2,1-4H3,(H,24,28)(H,25,31)(H,26,30)/t14-,16-,17+,23?/m0/s1. The second kappa shape index (κ2) is 9.19. The molecule has 4 atom stereocenters. The zero-order valence-corrected chi connectivity index (χ0v) is 19.5. The van der Waals surface area contributed by atoms with Crippen molar-refractivity contribution in [2.45, 2.75) is 96.3 Å². The van der Waals surface area contributed by atoms with Gasteiger partial charge in [0.05, 0.1) is 0 Å². The molecular formula is C23H36N4O5. The second-order valence-corrected chi connectivity index (χ2v) is 10.5. The maximum absolute atomic E-state index is 13.3. The number of amides is 4. The number of carbonyl (C=O) groups excluding carboxylic acids is 5. The highest BCUT2D eigenvalue weighted by Gasteiger charge is 2.62. The van der Waals surface area contributed by atoms with Gasteiger partial charge < -0.3 is 20.9 Å². The Morgan fingerprint density at radius 1 is 1.16 bits per heavy atom. The number of rotatable bonds is 10. The number of hydrogen-bond donors (Lipinski definition) is 3. The van der Waals surface area contributed by atoms with Crippen molar-refractivity contribution in [3.63, 3.8) is 0 Å². The van der Waals surface area contributed by atoms with E-state index in [-0.39, 0.29) is 17.9 Å².